The minimum atomic E-state index is -0.481. The third-order valence-electron chi connectivity index (χ3n) is 3.01. The molecule has 0 fully saturated rings. The van der Waals surface area contributed by atoms with Gasteiger partial charge in [-0.2, -0.15) is 5.10 Å². The van der Waals surface area contributed by atoms with Crippen LogP contribution in [0, 0.1) is 0 Å². The van der Waals surface area contributed by atoms with Gasteiger partial charge in [0.2, 0.25) is 0 Å². The molecule has 0 aliphatic heterocycles. The Morgan fingerprint density at radius 1 is 1.04 bits per heavy atom. The second-order valence-corrected chi connectivity index (χ2v) is 4.97. The molecule has 128 valence electrons. The zero-order valence-corrected chi connectivity index (χ0v) is 13.6. The first kappa shape index (κ1) is 17.9. The molecule has 0 spiro atoms. The van der Waals surface area contributed by atoms with Crippen molar-refractivity contribution in [1.29, 1.82) is 0 Å². The zero-order valence-electron chi connectivity index (χ0n) is 13.6. The Kier molecular flexibility index (Phi) is 6.41. The van der Waals surface area contributed by atoms with Crippen LogP contribution in [0.4, 0.5) is 0 Å². The molecule has 0 bridgehead atoms. The summed E-state index contributed by atoms with van der Waals surface area (Å²) < 4.78 is 5.03. The topological polar surface area (TPSA) is 96.9 Å². The molecule has 0 saturated carbocycles. The summed E-state index contributed by atoms with van der Waals surface area (Å²) in [7, 11) is 0. The fourth-order valence-corrected chi connectivity index (χ4v) is 1.90. The number of carbonyl (C=O) groups excluding carboxylic acids is 3. The molecule has 7 nitrogen and oxygen atoms in total. The number of benzene rings is 2. The lowest BCUT2D eigenvalue weighted by molar-refractivity contribution is -0.131. The number of hydrazone groups is 1. The van der Waals surface area contributed by atoms with E-state index in [1.807, 2.05) is 0 Å². The molecule has 0 radical (unpaired) electrons. The summed E-state index contributed by atoms with van der Waals surface area (Å²) in [5, 5.41) is 6.28. The summed E-state index contributed by atoms with van der Waals surface area (Å²) in [5.41, 5.74) is 3.29. The van der Waals surface area contributed by atoms with Crippen molar-refractivity contribution in [2.45, 2.75) is 6.92 Å². The first-order valence-electron chi connectivity index (χ1n) is 7.49. The molecule has 0 unspecified atom stereocenters. The predicted molar refractivity (Wildman–Crippen MR) is 92.3 cm³/mol. The third-order valence-corrected chi connectivity index (χ3v) is 3.01. The Morgan fingerprint density at radius 2 is 1.72 bits per heavy atom. The molecule has 2 aromatic rings. The Balaban J connectivity index is 1.85. The zero-order chi connectivity index (χ0) is 18.1. The standard InChI is InChI=1S/C18H17N3O4/c1-13(22)25-16-10-6-5-9-15(16)11-20-21-17(23)12-19-18(24)14-7-3-2-4-8-14/h2-11H,12H2,1H3,(H,19,24)(H,21,23). The molecular formula is C18H17N3O4. The molecule has 0 atom stereocenters. The van der Waals surface area contributed by atoms with Crippen LogP contribution in [0.5, 0.6) is 5.75 Å². The molecule has 2 amide bonds. The van der Waals surface area contributed by atoms with E-state index in [4.69, 9.17) is 4.74 Å². The fourth-order valence-electron chi connectivity index (χ4n) is 1.90. The van der Waals surface area contributed by atoms with Gasteiger partial charge in [-0.05, 0) is 24.3 Å². The monoisotopic (exact) mass is 339 g/mol. The highest BCUT2D eigenvalue weighted by atomic mass is 16.5. The number of hydrogen-bond acceptors (Lipinski definition) is 5. The van der Waals surface area contributed by atoms with E-state index in [-0.39, 0.29) is 12.5 Å². The largest absolute Gasteiger partial charge is 0.426 e. The van der Waals surface area contributed by atoms with Gasteiger partial charge in [-0.25, -0.2) is 5.43 Å². The van der Waals surface area contributed by atoms with E-state index in [0.29, 0.717) is 16.9 Å². The van der Waals surface area contributed by atoms with Crippen LogP contribution >= 0.6 is 0 Å². The van der Waals surface area contributed by atoms with Crippen LogP contribution in [0.2, 0.25) is 0 Å². The molecule has 0 aliphatic carbocycles. The van der Waals surface area contributed by atoms with Crippen molar-refractivity contribution in [3.05, 3.63) is 65.7 Å². The Morgan fingerprint density at radius 3 is 2.44 bits per heavy atom. The van der Waals surface area contributed by atoms with Crippen molar-refractivity contribution in [3.63, 3.8) is 0 Å². The molecule has 0 heterocycles. The molecule has 2 aromatic carbocycles. The number of rotatable bonds is 6. The highest BCUT2D eigenvalue weighted by molar-refractivity contribution is 5.96. The van der Waals surface area contributed by atoms with Crippen LogP contribution < -0.4 is 15.5 Å². The number of carbonyl (C=O) groups is 3. The van der Waals surface area contributed by atoms with Gasteiger partial charge in [-0.15, -0.1) is 0 Å². The fraction of sp³-hybridized carbons (Fsp3) is 0.111. The highest BCUT2D eigenvalue weighted by Crippen LogP contribution is 2.15. The lowest BCUT2D eigenvalue weighted by atomic mass is 10.2. The Bertz CT molecular complexity index is 788. The average Bonchev–Trinajstić information content (AvgIpc) is 2.61. The minimum absolute atomic E-state index is 0.212. The molecule has 0 saturated heterocycles. The predicted octanol–water partition coefficient (Wildman–Crippen LogP) is 1.49. The van der Waals surface area contributed by atoms with Gasteiger partial charge >= 0.3 is 5.97 Å². The van der Waals surface area contributed by atoms with Crippen LogP contribution in [0.3, 0.4) is 0 Å². The number of amides is 2. The summed E-state index contributed by atoms with van der Waals surface area (Å²) in [4.78, 5) is 34.6. The van der Waals surface area contributed by atoms with Gasteiger partial charge in [-0.3, -0.25) is 14.4 Å². The van der Waals surface area contributed by atoms with Gasteiger partial charge < -0.3 is 10.1 Å². The molecule has 2 rings (SSSR count). The SMILES string of the molecule is CC(=O)Oc1ccccc1C=NNC(=O)CNC(=O)c1ccccc1. The van der Waals surface area contributed by atoms with E-state index in [1.54, 1.807) is 54.6 Å². The van der Waals surface area contributed by atoms with E-state index < -0.39 is 11.9 Å². The molecule has 25 heavy (non-hydrogen) atoms. The van der Waals surface area contributed by atoms with Gasteiger partial charge in [0, 0.05) is 18.1 Å². The summed E-state index contributed by atoms with van der Waals surface area (Å²) in [6.07, 6.45) is 1.36. The summed E-state index contributed by atoms with van der Waals surface area (Å²) in [5.74, 6) is -0.940. The molecule has 0 aromatic heterocycles. The number of esters is 1. The number of nitrogens with one attached hydrogen (secondary N) is 2. The van der Waals surface area contributed by atoms with Crippen molar-refractivity contribution >= 4 is 24.0 Å². The van der Waals surface area contributed by atoms with Gasteiger partial charge in [-0.1, -0.05) is 30.3 Å². The van der Waals surface area contributed by atoms with Gasteiger partial charge in [0.1, 0.15) is 5.75 Å². The van der Waals surface area contributed by atoms with E-state index in [2.05, 4.69) is 15.8 Å². The maximum Gasteiger partial charge on any atom is 0.308 e. The Labute approximate surface area is 144 Å². The molecule has 0 aliphatic rings. The van der Waals surface area contributed by atoms with Gasteiger partial charge in [0.05, 0.1) is 12.8 Å². The number of para-hydroxylation sites is 1. The third kappa shape index (κ3) is 5.91. The lowest BCUT2D eigenvalue weighted by Crippen LogP contribution is -2.34. The van der Waals surface area contributed by atoms with Crippen molar-refractivity contribution in [1.82, 2.24) is 10.7 Å². The van der Waals surface area contributed by atoms with E-state index in [0.717, 1.165) is 0 Å². The van der Waals surface area contributed by atoms with E-state index in [9.17, 15) is 14.4 Å². The Hall–Kier alpha value is -3.48. The van der Waals surface area contributed by atoms with Crippen LogP contribution in [0.25, 0.3) is 0 Å². The van der Waals surface area contributed by atoms with Crippen LogP contribution in [0.15, 0.2) is 59.7 Å². The summed E-state index contributed by atoms with van der Waals surface area (Å²) in [6.45, 7) is 1.09. The van der Waals surface area contributed by atoms with Gasteiger partial charge in [0.15, 0.2) is 0 Å². The number of hydrogen-bond donors (Lipinski definition) is 2. The summed E-state index contributed by atoms with van der Waals surface area (Å²) in [6, 6.07) is 15.3. The maximum atomic E-state index is 11.8. The second kappa shape index (κ2) is 8.97. The molecular weight excluding hydrogens is 322 g/mol. The smallest absolute Gasteiger partial charge is 0.308 e. The number of nitrogens with zero attached hydrogens (tertiary/aromatic N) is 1. The van der Waals surface area contributed by atoms with Crippen molar-refractivity contribution < 1.29 is 19.1 Å². The van der Waals surface area contributed by atoms with E-state index >= 15 is 0 Å². The highest BCUT2D eigenvalue weighted by Gasteiger charge is 2.07. The minimum Gasteiger partial charge on any atom is -0.426 e. The first-order chi connectivity index (χ1) is 12.1. The molecule has 7 heteroatoms. The first-order valence-corrected chi connectivity index (χ1v) is 7.49. The average molecular weight is 339 g/mol. The van der Waals surface area contributed by atoms with Crippen LogP contribution in [-0.4, -0.2) is 30.5 Å². The van der Waals surface area contributed by atoms with Crippen molar-refractivity contribution in [3.8, 4) is 5.75 Å². The maximum absolute atomic E-state index is 11.8. The normalized spacial score (nSPS) is 10.3. The van der Waals surface area contributed by atoms with Crippen LogP contribution in [0.1, 0.15) is 22.8 Å². The van der Waals surface area contributed by atoms with Crippen LogP contribution in [-0.2, 0) is 9.59 Å². The second-order valence-electron chi connectivity index (χ2n) is 4.97. The summed E-state index contributed by atoms with van der Waals surface area (Å²) >= 11 is 0. The molecule has 2 N–H and O–H groups in total. The van der Waals surface area contributed by atoms with Crippen molar-refractivity contribution in [2.24, 2.45) is 5.10 Å². The van der Waals surface area contributed by atoms with E-state index in [1.165, 1.54) is 13.1 Å². The van der Waals surface area contributed by atoms with Crippen molar-refractivity contribution in [2.75, 3.05) is 6.54 Å². The lowest BCUT2D eigenvalue weighted by Gasteiger charge is -2.05. The van der Waals surface area contributed by atoms with Gasteiger partial charge in [0.25, 0.3) is 11.8 Å². The quantitative estimate of drug-likeness (QED) is 0.361. The number of ether oxygens (including phenoxy) is 1.